The molecule has 0 bridgehead atoms. The number of nitrogens with zero attached hydrogens (tertiary/aromatic N) is 1. The zero-order chi connectivity index (χ0) is 13.1. The Kier molecular flexibility index (Phi) is 4.44. The van der Waals surface area contributed by atoms with Crippen LogP contribution < -0.4 is 4.90 Å². The summed E-state index contributed by atoms with van der Waals surface area (Å²) in [6.07, 6.45) is 4.03. The third-order valence-electron chi connectivity index (χ3n) is 3.76. The second-order valence-electron chi connectivity index (χ2n) is 5.05. The second kappa shape index (κ2) is 5.87. The minimum absolute atomic E-state index is 0.137. The molecule has 3 heteroatoms. The molecule has 1 aromatic rings. The Morgan fingerprint density at radius 2 is 2.17 bits per heavy atom. The fourth-order valence-corrected chi connectivity index (χ4v) is 2.81. The molecule has 1 aliphatic rings. The van der Waals surface area contributed by atoms with Crippen LogP contribution in [-0.4, -0.2) is 18.9 Å². The lowest BCUT2D eigenvalue weighted by Gasteiger charge is -2.34. The van der Waals surface area contributed by atoms with Crippen molar-refractivity contribution in [2.45, 2.75) is 33.1 Å². The van der Waals surface area contributed by atoms with Gasteiger partial charge in [0.15, 0.2) is 5.78 Å². The number of rotatable bonds is 5. The Morgan fingerprint density at radius 1 is 1.44 bits per heavy atom. The quantitative estimate of drug-likeness (QED) is 0.757. The first-order valence-corrected chi connectivity index (χ1v) is 7.46. The molecule has 0 radical (unpaired) electrons. The van der Waals surface area contributed by atoms with Crippen LogP contribution in [0.2, 0.25) is 0 Å². The molecule has 0 aliphatic heterocycles. The van der Waals surface area contributed by atoms with E-state index in [1.807, 2.05) is 12.1 Å². The Bertz CT molecular complexity index is 440. The van der Waals surface area contributed by atoms with E-state index in [0.29, 0.717) is 0 Å². The van der Waals surface area contributed by atoms with E-state index in [9.17, 15) is 4.79 Å². The van der Waals surface area contributed by atoms with Gasteiger partial charge in [0.1, 0.15) is 0 Å². The molecule has 0 aromatic heterocycles. The highest BCUT2D eigenvalue weighted by molar-refractivity contribution is 9.10. The average Bonchev–Trinajstić information content (AvgIpc) is 2.28. The summed E-state index contributed by atoms with van der Waals surface area (Å²) in [5.74, 6) is 0.951. The highest BCUT2D eigenvalue weighted by Gasteiger charge is 2.22. The van der Waals surface area contributed by atoms with Crippen molar-refractivity contribution >= 4 is 27.4 Å². The summed E-state index contributed by atoms with van der Waals surface area (Å²) in [5.41, 5.74) is 1.91. The van der Waals surface area contributed by atoms with Crippen LogP contribution in [0.15, 0.2) is 22.7 Å². The van der Waals surface area contributed by atoms with E-state index >= 15 is 0 Å². The highest BCUT2D eigenvalue weighted by atomic mass is 79.9. The summed E-state index contributed by atoms with van der Waals surface area (Å²) >= 11 is 3.44. The van der Waals surface area contributed by atoms with Gasteiger partial charge in [-0.25, -0.2) is 0 Å². The summed E-state index contributed by atoms with van der Waals surface area (Å²) in [4.78, 5) is 14.1. The highest BCUT2D eigenvalue weighted by Crippen LogP contribution is 2.31. The van der Waals surface area contributed by atoms with Gasteiger partial charge in [0.05, 0.1) is 0 Å². The van der Waals surface area contributed by atoms with Crippen molar-refractivity contribution in [2.75, 3.05) is 18.0 Å². The van der Waals surface area contributed by atoms with E-state index in [2.05, 4.69) is 33.8 Å². The third-order valence-corrected chi connectivity index (χ3v) is 4.26. The lowest BCUT2D eigenvalue weighted by molar-refractivity contribution is 0.101. The van der Waals surface area contributed by atoms with Crippen LogP contribution in [0.1, 0.15) is 43.5 Å². The second-order valence-corrected chi connectivity index (χ2v) is 5.97. The molecule has 0 saturated heterocycles. The topological polar surface area (TPSA) is 20.3 Å². The van der Waals surface area contributed by atoms with Gasteiger partial charge in [-0.3, -0.25) is 4.79 Å². The number of Topliss-reactive ketones (excluding diaryl/α,β-unsaturated/α-hetero) is 1. The van der Waals surface area contributed by atoms with E-state index in [0.717, 1.165) is 34.7 Å². The number of carbonyl (C=O) groups is 1. The maximum atomic E-state index is 11.8. The largest absolute Gasteiger partial charge is 0.371 e. The number of ketones is 1. The van der Waals surface area contributed by atoms with E-state index < -0.39 is 0 Å². The molecular formula is C15H20BrNO. The molecule has 0 spiro atoms. The summed E-state index contributed by atoms with van der Waals surface area (Å²) < 4.78 is 0.969. The first-order valence-electron chi connectivity index (χ1n) is 6.67. The number of benzene rings is 1. The first kappa shape index (κ1) is 13.6. The van der Waals surface area contributed by atoms with Gasteiger partial charge < -0.3 is 4.90 Å². The van der Waals surface area contributed by atoms with Crippen molar-refractivity contribution in [1.29, 1.82) is 0 Å². The van der Waals surface area contributed by atoms with Crippen LogP contribution in [0.4, 0.5) is 5.69 Å². The van der Waals surface area contributed by atoms with Crippen LogP contribution in [-0.2, 0) is 0 Å². The summed E-state index contributed by atoms with van der Waals surface area (Å²) in [6, 6.07) is 6.01. The zero-order valence-corrected chi connectivity index (χ0v) is 12.7. The lowest BCUT2D eigenvalue weighted by atomic mass is 9.85. The van der Waals surface area contributed by atoms with Gasteiger partial charge >= 0.3 is 0 Å². The smallest absolute Gasteiger partial charge is 0.161 e. The van der Waals surface area contributed by atoms with Gasteiger partial charge in [0, 0.05) is 28.8 Å². The van der Waals surface area contributed by atoms with Crippen LogP contribution in [0.3, 0.4) is 0 Å². The van der Waals surface area contributed by atoms with Crippen molar-refractivity contribution in [3.8, 4) is 0 Å². The Labute approximate surface area is 117 Å². The van der Waals surface area contributed by atoms with Crippen molar-refractivity contribution < 1.29 is 4.79 Å². The summed E-state index contributed by atoms with van der Waals surface area (Å²) in [6.45, 7) is 5.84. The van der Waals surface area contributed by atoms with Crippen LogP contribution in [0, 0.1) is 5.92 Å². The van der Waals surface area contributed by atoms with Crippen LogP contribution in [0.25, 0.3) is 0 Å². The normalized spacial score (nSPS) is 15.3. The fourth-order valence-electron chi connectivity index (χ4n) is 2.45. The van der Waals surface area contributed by atoms with Crippen LogP contribution in [0.5, 0.6) is 0 Å². The molecule has 2 rings (SSSR count). The predicted molar refractivity (Wildman–Crippen MR) is 79.4 cm³/mol. The zero-order valence-electron chi connectivity index (χ0n) is 11.1. The minimum Gasteiger partial charge on any atom is -0.371 e. The molecule has 0 atom stereocenters. The molecule has 2 nitrogen and oxygen atoms in total. The number of carbonyl (C=O) groups excluding carboxylic acids is 1. The fraction of sp³-hybridized carbons (Fsp3) is 0.533. The predicted octanol–water partition coefficient (Wildman–Crippen LogP) is 4.28. The maximum Gasteiger partial charge on any atom is 0.161 e. The molecule has 18 heavy (non-hydrogen) atoms. The molecular weight excluding hydrogens is 290 g/mol. The van der Waals surface area contributed by atoms with E-state index in [1.165, 1.54) is 19.3 Å². The molecule has 0 unspecified atom stereocenters. The monoisotopic (exact) mass is 309 g/mol. The number of anilines is 1. The average molecular weight is 310 g/mol. The van der Waals surface area contributed by atoms with Gasteiger partial charge in [0.2, 0.25) is 0 Å². The first-order chi connectivity index (χ1) is 8.61. The van der Waals surface area contributed by atoms with Crippen LogP contribution >= 0.6 is 15.9 Å². The van der Waals surface area contributed by atoms with Gasteiger partial charge in [-0.15, -0.1) is 0 Å². The van der Waals surface area contributed by atoms with E-state index in [-0.39, 0.29) is 5.78 Å². The molecule has 0 heterocycles. The Hall–Kier alpha value is -0.830. The maximum absolute atomic E-state index is 11.8. The Morgan fingerprint density at radius 3 is 2.67 bits per heavy atom. The van der Waals surface area contributed by atoms with E-state index in [1.54, 1.807) is 6.92 Å². The molecule has 1 saturated carbocycles. The van der Waals surface area contributed by atoms with E-state index in [4.69, 9.17) is 0 Å². The number of hydrogen-bond acceptors (Lipinski definition) is 2. The van der Waals surface area contributed by atoms with Gasteiger partial charge in [-0.1, -0.05) is 22.4 Å². The Balaban J connectivity index is 2.25. The van der Waals surface area contributed by atoms with Crippen molar-refractivity contribution in [2.24, 2.45) is 5.92 Å². The summed E-state index contributed by atoms with van der Waals surface area (Å²) in [7, 11) is 0. The molecule has 0 amide bonds. The molecule has 0 N–H and O–H groups in total. The van der Waals surface area contributed by atoms with Crippen molar-refractivity contribution in [3.05, 3.63) is 28.2 Å². The molecule has 1 aromatic carbocycles. The lowest BCUT2D eigenvalue weighted by Crippen LogP contribution is -2.33. The minimum atomic E-state index is 0.137. The van der Waals surface area contributed by atoms with Gasteiger partial charge in [-0.2, -0.15) is 0 Å². The van der Waals surface area contributed by atoms with Gasteiger partial charge in [-0.05, 0) is 50.8 Å². The number of halogens is 1. The molecule has 98 valence electrons. The SMILES string of the molecule is CCN(CC1CCC1)c1ccc(Br)cc1C(C)=O. The number of hydrogen-bond donors (Lipinski definition) is 0. The molecule has 1 fully saturated rings. The third kappa shape index (κ3) is 2.94. The summed E-state index contributed by atoms with van der Waals surface area (Å²) in [5, 5.41) is 0. The standard InChI is InChI=1S/C15H20BrNO/c1-3-17(10-12-5-4-6-12)15-8-7-13(16)9-14(15)11(2)18/h7-9,12H,3-6,10H2,1-2H3. The van der Waals surface area contributed by atoms with Crippen molar-refractivity contribution in [1.82, 2.24) is 0 Å². The van der Waals surface area contributed by atoms with Gasteiger partial charge in [0.25, 0.3) is 0 Å². The van der Waals surface area contributed by atoms with Crippen molar-refractivity contribution in [3.63, 3.8) is 0 Å². The molecule has 1 aliphatic carbocycles.